The molecule has 0 radical (unpaired) electrons. The van der Waals surface area contributed by atoms with Crippen molar-refractivity contribution in [1.82, 2.24) is 19.1 Å². The summed E-state index contributed by atoms with van der Waals surface area (Å²) < 4.78 is 44.6. The van der Waals surface area contributed by atoms with Crippen molar-refractivity contribution in [2.24, 2.45) is 0 Å². The molecule has 0 spiro atoms. The minimum Gasteiger partial charge on any atom is -0.493 e. The molecule has 0 saturated carbocycles. The van der Waals surface area contributed by atoms with E-state index in [1.165, 1.54) is 21.3 Å². The van der Waals surface area contributed by atoms with Gasteiger partial charge in [-0.05, 0) is 43.3 Å². The minimum atomic E-state index is -3.75. The molecule has 2 saturated heterocycles. The summed E-state index contributed by atoms with van der Waals surface area (Å²) in [6.07, 6.45) is -0.436. The van der Waals surface area contributed by atoms with Gasteiger partial charge in [0.2, 0.25) is 10.0 Å². The van der Waals surface area contributed by atoms with Crippen molar-refractivity contribution >= 4 is 48.7 Å². The van der Waals surface area contributed by atoms with Crippen LogP contribution in [0.1, 0.15) is 17.3 Å². The summed E-state index contributed by atoms with van der Waals surface area (Å²) in [5, 5.41) is 0.858. The second-order valence-corrected chi connectivity index (χ2v) is 12.5. The van der Waals surface area contributed by atoms with Gasteiger partial charge in [0.15, 0.2) is 16.6 Å². The predicted molar refractivity (Wildman–Crippen MR) is 155 cm³/mol. The van der Waals surface area contributed by atoms with Gasteiger partial charge in [0.05, 0.1) is 30.4 Å². The normalized spacial score (nSPS) is 16.6. The zero-order valence-electron chi connectivity index (χ0n) is 23.2. The Kier molecular flexibility index (Phi) is 8.52. The van der Waals surface area contributed by atoms with Crippen LogP contribution in [0.15, 0.2) is 41.3 Å². The van der Waals surface area contributed by atoms with Gasteiger partial charge in [0.1, 0.15) is 5.52 Å². The smallest absolute Gasteiger partial charge is 0.409 e. The number of sulfonamides is 1. The first-order valence-corrected chi connectivity index (χ1v) is 15.6. The third-order valence-corrected chi connectivity index (χ3v) is 10.2. The van der Waals surface area contributed by atoms with E-state index in [1.807, 2.05) is 12.1 Å². The number of benzene rings is 2. The molecule has 1 aromatic heterocycles. The summed E-state index contributed by atoms with van der Waals surface area (Å²) in [7, 11) is -0.561. The molecule has 41 heavy (non-hydrogen) atoms. The van der Waals surface area contributed by atoms with Gasteiger partial charge in [-0.1, -0.05) is 11.3 Å². The number of aromatic nitrogens is 1. The number of rotatable bonds is 7. The second kappa shape index (κ2) is 12.1. The van der Waals surface area contributed by atoms with Crippen LogP contribution in [-0.4, -0.2) is 113 Å². The lowest BCUT2D eigenvalue weighted by molar-refractivity contribution is 0.0746. The average Bonchev–Trinajstić information content (AvgIpc) is 3.45. The van der Waals surface area contributed by atoms with E-state index in [2.05, 4.69) is 4.90 Å². The Morgan fingerprint density at radius 2 is 1.54 bits per heavy atom. The van der Waals surface area contributed by atoms with Crippen molar-refractivity contribution < 1.29 is 32.2 Å². The Hall–Kier alpha value is -3.62. The molecule has 0 N–H and O–H groups in total. The number of carbonyl (C=O) groups is 2. The summed E-state index contributed by atoms with van der Waals surface area (Å²) in [5.74, 6) is 1.08. The Bertz CT molecular complexity index is 1510. The molecule has 0 atom stereocenters. The molecule has 3 aromatic rings. The molecule has 14 heteroatoms. The fourth-order valence-electron chi connectivity index (χ4n) is 4.96. The summed E-state index contributed by atoms with van der Waals surface area (Å²) in [6.45, 7) is 5.16. The van der Waals surface area contributed by atoms with E-state index < -0.39 is 16.1 Å². The van der Waals surface area contributed by atoms with Crippen molar-refractivity contribution in [3.8, 4) is 11.5 Å². The van der Waals surface area contributed by atoms with E-state index in [-0.39, 0.29) is 43.6 Å². The topological polar surface area (TPSA) is 122 Å². The molecular weight excluding hydrogens is 570 g/mol. The van der Waals surface area contributed by atoms with Gasteiger partial charge in [-0.25, -0.2) is 18.2 Å². The standard InChI is InChI=1S/C27H33N5O7S2/c1-4-39-27(34)31-15-17-32(18-16-31)41(35,36)20-7-5-19(6-8-20)25(33)29-11-13-30(14-12-29)26-28-23-22(40-26)10-9-21(37-2)24(23)38-3/h5-10H,4,11-18H2,1-3H3. The number of piperazine rings is 2. The third kappa shape index (κ3) is 5.76. The lowest BCUT2D eigenvalue weighted by Gasteiger charge is -2.34. The van der Waals surface area contributed by atoms with E-state index in [0.717, 1.165) is 15.3 Å². The number of amides is 2. The van der Waals surface area contributed by atoms with Gasteiger partial charge in [-0.2, -0.15) is 4.31 Å². The Morgan fingerprint density at radius 3 is 2.15 bits per heavy atom. The molecule has 2 aliphatic heterocycles. The summed E-state index contributed by atoms with van der Waals surface area (Å²) in [6, 6.07) is 9.89. The van der Waals surface area contributed by atoms with Crippen LogP contribution in [0.4, 0.5) is 9.93 Å². The highest BCUT2D eigenvalue weighted by Crippen LogP contribution is 2.40. The van der Waals surface area contributed by atoms with Gasteiger partial charge in [-0.15, -0.1) is 0 Å². The molecule has 3 heterocycles. The van der Waals surface area contributed by atoms with Crippen LogP contribution in [0.2, 0.25) is 0 Å². The molecule has 0 unspecified atom stereocenters. The first-order chi connectivity index (χ1) is 19.8. The first kappa shape index (κ1) is 28.9. The van der Waals surface area contributed by atoms with Gasteiger partial charge in [0.25, 0.3) is 5.91 Å². The molecule has 12 nitrogen and oxygen atoms in total. The number of ether oxygens (including phenoxy) is 3. The van der Waals surface area contributed by atoms with E-state index in [4.69, 9.17) is 19.2 Å². The lowest BCUT2D eigenvalue weighted by atomic mass is 10.2. The maximum atomic E-state index is 13.2. The van der Waals surface area contributed by atoms with E-state index in [1.54, 1.807) is 49.5 Å². The van der Waals surface area contributed by atoms with E-state index in [9.17, 15) is 18.0 Å². The van der Waals surface area contributed by atoms with Crippen LogP contribution in [0.25, 0.3) is 10.2 Å². The SMILES string of the molecule is CCOC(=O)N1CCN(S(=O)(=O)c2ccc(C(=O)N3CCN(c4nc5c(OC)c(OC)ccc5s4)CC3)cc2)CC1. The highest BCUT2D eigenvalue weighted by atomic mass is 32.2. The highest BCUT2D eigenvalue weighted by Gasteiger charge is 2.31. The number of carbonyl (C=O) groups excluding carboxylic acids is 2. The largest absolute Gasteiger partial charge is 0.493 e. The number of nitrogens with zero attached hydrogens (tertiary/aromatic N) is 5. The van der Waals surface area contributed by atoms with Gasteiger partial charge < -0.3 is 28.9 Å². The highest BCUT2D eigenvalue weighted by molar-refractivity contribution is 7.89. The zero-order chi connectivity index (χ0) is 29.1. The Labute approximate surface area is 243 Å². The zero-order valence-corrected chi connectivity index (χ0v) is 24.9. The molecule has 2 amide bonds. The molecular formula is C27H33N5O7S2. The number of thiazole rings is 1. The fraction of sp³-hybridized carbons (Fsp3) is 0.444. The molecule has 220 valence electrons. The molecule has 2 fully saturated rings. The monoisotopic (exact) mass is 603 g/mol. The number of hydrogen-bond acceptors (Lipinski definition) is 10. The molecule has 5 rings (SSSR count). The van der Waals surface area contributed by atoms with Gasteiger partial charge in [0, 0.05) is 57.9 Å². The summed E-state index contributed by atoms with van der Waals surface area (Å²) in [4.78, 5) is 35.4. The number of anilines is 1. The second-order valence-electron chi connectivity index (χ2n) is 9.54. The Balaban J connectivity index is 1.19. The predicted octanol–water partition coefficient (Wildman–Crippen LogP) is 2.74. The summed E-state index contributed by atoms with van der Waals surface area (Å²) >= 11 is 1.57. The van der Waals surface area contributed by atoms with E-state index in [0.29, 0.717) is 43.2 Å². The van der Waals surface area contributed by atoms with Crippen LogP contribution in [0, 0.1) is 0 Å². The van der Waals surface area contributed by atoms with Crippen molar-refractivity contribution in [2.45, 2.75) is 11.8 Å². The number of methoxy groups -OCH3 is 2. The average molecular weight is 604 g/mol. The van der Waals surface area contributed by atoms with Crippen LogP contribution < -0.4 is 14.4 Å². The molecule has 0 aliphatic carbocycles. The minimum absolute atomic E-state index is 0.117. The lowest BCUT2D eigenvalue weighted by Crippen LogP contribution is -2.50. The van der Waals surface area contributed by atoms with Crippen molar-refractivity contribution in [3.63, 3.8) is 0 Å². The van der Waals surface area contributed by atoms with Gasteiger partial charge in [-0.3, -0.25) is 4.79 Å². The summed E-state index contributed by atoms with van der Waals surface area (Å²) in [5.41, 5.74) is 1.18. The van der Waals surface area contributed by atoms with Crippen LogP contribution >= 0.6 is 11.3 Å². The quantitative estimate of drug-likeness (QED) is 0.401. The Morgan fingerprint density at radius 1 is 0.878 bits per heavy atom. The maximum absolute atomic E-state index is 13.2. The van der Waals surface area contributed by atoms with E-state index >= 15 is 0 Å². The fourth-order valence-corrected chi connectivity index (χ4v) is 7.40. The number of hydrogen-bond donors (Lipinski definition) is 0. The van der Waals surface area contributed by atoms with Crippen LogP contribution in [0.5, 0.6) is 11.5 Å². The van der Waals surface area contributed by atoms with Gasteiger partial charge >= 0.3 is 6.09 Å². The van der Waals surface area contributed by atoms with Crippen molar-refractivity contribution in [1.29, 1.82) is 0 Å². The number of fused-ring (bicyclic) bond motifs is 1. The van der Waals surface area contributed by atoms with Crippen LogP contribution in [-0.2, 0) is 14.8 Å². The third-order valence-electron chi connectivity index (χ3n) is 7.23. The van der Waals surface area contributed by atoms with Crippen LogP contribution in [0.3, 0.4) is 0 Å². The van der Waals surface area contributed by atoms with Crippen molar-refractivity contribution in [3.05, 3.63) is 42.0 Å². The first-order valence-electron chi connectivity index (χ1n) is 13.3. The molecule has 0 bridgehead atoms. The maximum Gasteiger partial charge on any atom is 0.409 e. The van der Waals surface area contributed by atoms with Crippen molar-refractivity contribution in [2.75, 3.05) is 78.1 Å². The molecule has 2 aliphatic rings. The molecule has 2 aromatic carbocycles.